The number of ether oxygens (including phenoxy) is 1. The monoisotopic (exact) mass is 493 g/mol. The Kier molecular flexibility index (Phi) is 9.12. The van der Waals surface area contributed by atoms with Crippen LogP contribution in [0.3, 0.4) is 0 Å². The average Bonchev–Trinajstić information content (AvgIpc) is 2.78. The van der Waals surface area contributed by atoms with E-state index in [4.69, 9.17) is 27.9 Å². The Balaban J connectivity index is 2.06. The minimum absolute atomic E-state index is 0.0206. The van der Waals surface area contributed by atoms with Gasteiger partial charge < -0.3 is 15.2 Å². The number of hydrogen-bond acceptors (Lipinski definition) is 3. The molecule has 2 rings (SSSR count). The van der Waals surface area contributed by atoms with Crippen molar-refractivity contribution in [3.8, 4) is 11.5 Å². The number of nitrogens with one attached hydrogen (secondary N) is 1. The number of anilines is 1. The van der Waals surface area contributed by atoms with Gasteiger partial charge in [0.15, 0.2) is 0 Å². The smallest absolute Gasteiger partial charge is 0.224 e. The molecular weight excluding hydrogens is 457 g/mol. The molecule has 2 aromatic rings. The maximum atomic E-state index is 12.4. The zero-order chi connectivity index (χ0) is 25.0. The molecule has 0 spiro atoms. The van der Waals surface area contributed by atoms with E-state index in [0.29, 0.717) is 23.6 Å². The average molecular weight is 495 g/mol. The predicted octanol–water partition coefficient (Wildman–Crippen LogP) is 8.18. The van der Waals surface area contributed by atoms with E-state index in [9.17, 15) is 9.90 Å². The van der Waals surface area contributed by atoms with Gasteiger partial charge in [0.25, 0.3) is 0 Å². The van der Waals surface area contributed by atoms with E-state index in [0.717, 1.165) is 18.6 Å². The molecule has 0 saturated heterocycles. The molecule has 33 heavy (non-hydrogen) atoms. The lowest BCUT2D eigenvalue weighted by Gasteiger charge is -2.30. The van der Waals surface area contributed by atoms with Crippen LogP contribution in [0.15, 0.2) is 24.3 Å². The summed E-state index contributed by atoms with van der Waals surface area (Å²) < 4.78 is 6.14. The second-order valence-electron chi connectivity index (χ2n) is 9.88. The summed E-state index contributed by atoms with van der Waals surface area (Å²) in [6.07, 6.45) is 2.82. The molecule has 0 aliphatic heterocycles. The molecule has 0 saturated carbocycles. The molecule has 0 unspecified atom stereocenters. The molecule has 2 aromatic carbocycles. The molecule has 4 nitrogen and oxygen atoms in total. The summed E-state index contributed by atoms with van der Waals surface area (Å²) in [7, 11) is 0. The summed E-state index contributed by atoms with van der Waals surface area (Å²) in [6, 6.07) is 7.87. The summed E-state index contributed by atoms with van der Waals surface area (Å²) in [4.78, 5) is 12.4. The fourth-order valence-electron chi connectivity index (χ4n) is 3.44. The van der Waals surface area contributed by atoms with Crippen molar-refractivity contribution in [2.45, 2.75) is 85.0 Å². The maximum Gasteiger partial charge on any atom is 0.224 e. The highest BCUT2D eigenvalue weighted by atomic mass is 35.5. The van der Waals surface area contributed by atoms with Crippen molar-refractivity contribution in [1.29, 1.82) is 0 Å². The first kappa shape index (κ1) is 27.3. The van der Waals surface area contributed by atoms with Crippen LogP contribution in [0.1, 0.15) is 83.9 Å². The van der Waals surface area contributed by atoms with Crippen LogP contribution in [0.4, 0.5) is 5.69 Å². The molecule has 0 heterocycles. The third-order valence-corrected chi connectivity index (χ3v) is 7.62. The number of aromatic hydroxyl groups is 1. The number of halogens is 2. The summed E-state index contributed by atoms with van der Waals surface area (Å²) in [5.41, 5.74) is 3.38. The molecule has 0 fully saturated rings. The van der Waals surface area contributed by atoms with Crippen molar-refractivity contribution in [3.63, 3.8) is 0 Å². The molecule has 0 bridgehead atoms. The van der Waals surface area contributed by atoms with Gasteiger partial charge in [-0.25, -0.2) is 0 Å². The fraction of sp³-hybridized carbons (Fsp3) is 0.519. The Morgan fingerprint density at radius 2 is 1.70 bits per heavy atom. The third kappa shape index (κ3) is 6.58. The fourth-order valence-corrected chi connectivity index (χ4v) is 3.93. The van der Waals surface area contributed by atoms with Gasteiger partial charge in [0, 0.05) is 23.1 Å². The van der Waals surface area contributed by atoms with Crippen LogP contribution in [0.2, 0.25) is 10.0 Å². The highest BCUT2D eigenvalue weighted by Crippen LogP contribution is 2.40. The molecule has 0 aliphatic carbocycles. The van der Waals surface area contributed by atoms with Crippen molar-refractivity contribution in [1.82, 2.24) is 0 Å². The van der Waals surface area contributed by atoms with Gasteiger partial charge in [-0.2, -0.15) is 0 Å². The van der Waals surface area contributed by atoms with Gasteiger partial charge in [0.05, 0.1) is 11.6 Å². The Morgan fingerprint density at radius 3 is 2.30 bits per heavy atom. The van der Waals surface area contributed by atoms with E-state index in [1.165, 1.54) is 17.2 Å². The number of amides is 1. The van der Waals surface area contributed by atoms with Crippen molar-refractivity contribution < 1.29 is 14.6 Å². The van der Waals surface area contributed by atoms with Crippen molar-refractivity contribution >= 4 is 34.8 Å². The van der Waals surface area contributed by atoms with Crippen LogP contribution in [0, 0.1) is 6.92 Å². The summed E-state index contributed by atoms with van der Waals surface area (Å²) in [5, 5.41) is 13.4. The van der Waals surface area contributed by atoms with E-state index in [2.05, 4.69) is 65.1 Å². The van der Waals surface area contributed by atoms with Crippen LogP contribution in [-0.4, -0.2) is 17.6 Å². The zero-order valence-corrected chi connectivity index (χ0v) is 22.4. The Hall–Kier alpha value is -1.91. The number of benzene rings is 2. The Bertz CT molecular complexity index is 999. The number of phenolic OH excluding ortho intramolecular Hbond substituents is 1. The van der Waals surface area contributed by atoms with Crippen LogP contribution < -0.4 is 10.1 Å². The molecule has 1 amide bonds. The van der Waals surface area contributed by atoms with Gasteiger partial charge in [-0.3, -0.25) is 4.79 Å². The summed E-state index contributed by atoms with van der Waals surface area (Å²) >= 11 is 12.2. The highest BCUT2D eigenvalue weighted by Gasteiger charge is 2.26. The van der Waals surface area contributed by atoms with Crippen LogP contribution in [-0.2, 0) is 15.6 Å². The van der Waals surface area contributed by atoms with E-state index in [1.54, 1.807) is 6.92 Å². The van der Waals surface area contributed by atoms with Crippen molar-refractivity contribution in [2.24, 2.45) is 0 Å². The van der Waals surface area contributed by atoms with Gasteiger partial charge in [0.2, 0.25) is 5.91 Å². The number of hydrogen-bond donors (Lipinski definition) is 2. The minimum atomic E-state index is -0.244. The topological polar surface area (TPSA) is 58.6 Å². The quantitative estimate of drug-likeness (QED) is 0.259. The first-order valence-corrected chi connectivity index (χ1v) is 12.3. The molecular formula is C27H37Cl2NO3. The second-order valence-corrected chi connectivity index (χ2v) is 10.7. The first-order chi connectivity index (χ1) is 15.3. The summed E-state index contributed by atoms with van der Waals surface area (Å²) in [6.45, 7) is 15.5. The molecule has 182 valence electrons. The Morgan fingerprint density at radius 1 is 1.06 bits per heavy atom. The van der Waals surface area contributed by atoms with Crippen molar-refractivity contribution in [3.05, 3.63) is 51.0 Å². The lowest BCUT2D eigenvalue weighted by Crippen LogP contribution is -2.21. The van der Waals surface area contributed by atoms with Crippen molar-refractivity contribution in [2.75, 3.05) is 11.9 Å². The van der Waals surface area contributed by atoms with Crippen LogP contribution in [0.25, 0.3) is 0 Å². The molecule has 0 radical (unpaired) electrons. The van der Waals surface area contributed by atoms with Crippen LogP contribution >= 0.6 is 23.2 Å². The van der Waals surface area contributed by atoms with Gasteiger partial charge in [0.1, 0.15) is 17.2 Å². The van der Waals surface area contributed by atoms with E-state index in [-0.39, 0.29) is 39.6 Å². The van der Waals surface area contributed by atoms with Gasteiger partial charge >= 0.3 is 0 Å². The van der Waals surface area contributed by atoms with E-state index < -0.39 is 0 Å². The molecule has 0 aromatic heterocycles. The normalized spacial score (nSPS) is 12.0. The lowest BCUT2D eigenvalue weighted by atomic mass is 9.76. The number of carbonyl (C=O) groups excluding carboxylic acids is 1. The van der Waals surface area contributed by atoms with E-state index in [1.807, 2.05) is 0 Å². The summed E-state index contributed by atoms with van der Waals surface area (Å²) in [5.74, 6) is 0.473. The zero-order valence-electron chi connectivity index (χ0n) is 20.9. The molecule has 0 aliphatic rings. The molecule has 0 atom stereocenters. The minimum Gasteiger partial charge on any atom is -0.506 e. The third-order valence-electron chi connectivity index (χ3n) is 6.75. The first-order valence-electron chi connectivity index (χ1n) is 11.6. The molecule has 6 heteroatoms. The number of phenols is 1. The maximum absolute atomic E-state index is 12.4. The lowest BCUT2D eigenvalue weighted by molar-refractivity contribution is -0.116. The van der Waals surface area contributed by atoms with Gasteiger partial charge in [-0.15, -0.1) is 0 Å². The number of carbonyl (C=O) groups is 1. The highest BCUT2D eigenvalue weighted by molar-refractivity contribution is 6.38. The predicted molar refractivity (Wildman–Crippen MR) is 139 cm³/mol. The van der Waals surface area contributed by atoms with Crippen LogP contribution in [0.5, 0.6) is 11.5 Å². The van der Waals surface area contributed by atoms with Gasteiger partial charge in [-0.05, 0) is 54.2 Å². The SMILES string of the molecule is CCC(C)(C)c1ccc(OCCCC(=O)Nc2c(O)cc(Cl)c(C)c2Cl)c(C(C)(C)CC)c1. The molecule has 2 N–H and O–H groups in total. The largest absolute Gasteiger partial charge is 0.506 e. The standard InChI is InChI=1S/C27H37Cl2NO3/c1-8-26(4,5)18-12-13-22(19(15-18)27(6,7)9-2)33-14-10-11-23(32)30-25-21(31)16-20(28)17(3)24(25)29/h12-13,15-16,31H,8-11,14H2,1-7H3,(H,30,32). The Labute approximate surface area is 208 Å². The second kappa shape index (κ2) is 11.0. The number of rotatable bonds is 10. The van der Waals surface area contributed by atoms with Gasteiger partial charge in [-0.1, -0.05) is 76.9 Å². The van der Waals surface area contributed by atoms with E-state index >= 15 is 0 Å².